The van der Waals surface area contributed by atoms with Crippen molar-refractivity contribution in [3.8, 4) is 0 Å². The molecule has 3 atom stereocenters. The number of rotatable bonds is 3. The number of nitrogens with one attached hydrogen (secondary N) is 3. The van der Waals surface area contributed by atoms with Crippen LogP contribution in [-0.4, -0.2) is 66.1 Å². The Bertz CT molecular complexity index is 903. The third-order valence-corrected chi connectivity index (χ3v) is 6.46. The van der Waals surface area contributed by atoms with Gasteiger partial charge in [-0.2, -0.15) is 5.10 Å². The summed E-state index contributed by atoms with van der Waals surface area (Å²) in [5.41, 5.74) is 2.42. The summed E-state index contributed by atoms with van der Waals surface area (Å²) < 4.78 is 0. The molecule has 0 bridgehead atoms. The molecule has 1 amide bonds. The first-order valence-corrected chi connectivity index (χ1v) is 9.96. The number of aromatic amines is 1. The topological polar surface area (TPSA) is 85.4 Å². The van der Waals surface area contributed by atoms with E-state index in [0.29, 0.717) is 11.6 Å². The van der Waals surface area contributed by atoms with E-state index in [2.05, 4.69) is 37.8 Å². The maximum Gasteiger partial charge on any atom is 0.272 e. The number of aromatic nitrogens is 2. The summed E-state index contributed by atoms with van der Waals surface area (Å²) in [4.78, 5) is 19.6. The van der Waals surface area contributed by atoms with Gasteiger partial charge < -0.3 is 15.5 Å². The molecule has 2 fully saturated rings. The Morgan fingerprint density at radius 1 is 1.30 bits per heavy atom. The minimum absolute atomic E-state index is 0.0799. The zero-order valence-corrected chi connectivity index (χ0v) is 15.7. The maximum atomic E-state index is 12.9. The van der Waals surface area contributed by atoms with Crippen LogP contribution >= 0.6 is 0 Å². The third-order valence-electron chi connectivity index (χ3n) is 6.46. The summed E-state index contributed by atoms with van der Waals surface area (Å²) in [7, 11) is 2.05. The lowest BCUT2D eigenvalue weighted by molar-refractivity contribution is 0.0844. The number of fused-ring (bicyclic) bond motifs is 2. The fourth-order valence-corrected chi connectivity index (χ4v) is 4.75. The Hall–Kier alpha value is -2.41. The minimum Gasteiger partial charge on any atom is -0.358 e. The molecule has 1 aromatic carbocycles. The predicted octanol–water partition coefficient (Wildman–Crippen LogP) is 1.37. The van der Waals surface area contributed by atoms with Crippen LogP contribution in [0.4, 0.5) is 0 Å². The highest BCUT2D eigenvalue weighted by atomic mass is 16.2. The number of amidine groups is 1. The lowest BCUT2D eigenvalue weighted by atomic mass is 9.69. The second-order valence-corrected chi connectivity index (χ2v) is 8.03. The molecule has 7 nitrogen and oxygen atoms in total. The van der Waals surface area contributed by atoms with Gasteiger partial charge in [0.05, 0.1) is 12.1 Å². The molecule has 1 saturated carbocycles. The van der Waals surface area contributed by atoms with Crippen molar-refractivity contribution in [2.75, 3.05) is 33.2 Å². The van der Waals surface area contributed by atoms with E-state index in [9.17, 15) is 4.79 Å². The van der Waals surface area contributed by atoms with Crippen molar-refractivity contribution in [1.82, 2.24) is 25.7 Å². The molecule has 7 heteroatoms. The SMILES string of the molecule is CN1CCN=C1c1ccc2c(C(=O)N[C@@H]3CNCCC4CC[C@@H]43)n[nH]c2c1. The summed E-state index contributed by atoms with van der Waals surface area (Å²) >= 11 is 0. The van der Waals surface area contributed by atoms with Crippen molar-refractivity contribution in [2.24, 2.45) is 16.8 Å². The van der Waals surface area contributed by atoms with Gasteiger partial charge in [0.1, 0.15) is 5.84 Å². The molecule has 1 aliphatic carbocycles. The number of likely N-dealkylation sites (N-methyl/N-ethyl adjacent to an activating group) is 1. The molecule has 27 heavy (non-hydrogen) atoms. The van der Waals surface area contributed by atoms with Gasteiger partial charge in [-0.05, 0) is 49.8 Å². The molecule has 2 aromatic rings. The summed E-state index contributed by atoms with van der Waals surface area (Å²) in [5.74, 6) is 2.28. The van der Waals surface area contributed by atoms with Gasteiger partial charge in [0.25, 0.3) is 5.91 Å². The van der Waals surface area contributed by atoms with Crippen molar-refractivity contribution in [3.05, 3.63) is 29.5 Å². The number of amides is 1. The molecule has 1 unspecified atom stereocenters. The molecular weight excluding hydrogens is 340 g/mol. The highest BCUT2D eigenvalue weighted by Crippen LogP contribution is 2.40. The van der Waals surface area contributed by atoms with Crippen molar-refractivity contribution in [1.29, 1.82) is 0 Å². The summed E-state index contributed by atoms with van der Waals surface area (Å²) in [6.45, 7) is 3.69. The molecule has 2 aliphatic heterocycles. The second kappa shape index (κ2) is 6.64. The molecule has 0 spiro atoms. The number of carbonyl (C=O) groups excluding carboxylic acids is 1. The Kier molecular flexibility index (Phi) is 4.11. The number of aliphatic imine (C=N–C) groups is 1. The van der Waals surface area contributed by atoms with Crippen molar-refractivity contribution in [2.45, 2.75) is 25.3 Å². The van der Waals surface area contributed by atoms with E-state index in [-0.39, 0.29) is 11.9 Å². The third kappa shape index (κ3) is 2.90. The average Bonchev–Trinajstić information content (AvgIpc) is 3.22. The predicted molar refractivity (Wildman–Crippen MR) is 105 cm³/mol. The molecule has 3 heterocycles. The smallest absolute Gasteiger partial charge is 0.272 e. The van der Waals surface area contributed by atoms with Crippen LogP contribution in [0.15, 0.2) is 23.2 Å². The summed E-state index contributed by atoms with van der Waals surface area (Å²) in [5, 5.41) is 14.9. The van der Waals surface area contributed by atoms with Crippen LogP contribution in [-0.2, 0) is 0 Å². The Balaban J connectivity index is 1.37. The zero-order chi connectivity index (χ0) is 18.4. The number of hydrogen-bond donors (Lipinski definition) is 3. The molecule has 3 N–H and O–H groups in total. The van der Waals surface area contributed by atoms with Crippen LogP contribution in [0.5, 0.6) is 0 Å². The van der Waals surface area contributed by atoms with E-state index in [1.807, 2.05) is 18.2 Å². The lowest BCUT2D eigenvalue weighted by Crippen LogP contribution is -2.49. The normalized spacial score (nSPS) is 27.7. The van der Waals surface area contributed by atoms with E-state index in [4.69, 9.17) is 0 Å². The minimum atomic E-state index is -0.0799. The van der Waals surface area contributed by atoms with E-state index < -0.39 is 0 Å². The van der Waals surface area contributed by atoms with Gasteiger partial charge in [0.15, 0.2) is 5.69 Å². The Morgan fingerprint density at radius 2 is 2.22 bits per heavy atom. The first kappa shape index (κ1) is 16.7. The van der Waals surface area contributed by atoms with E-state index >= 15 is 0 Å². The van der Waals surface area contributed by atoms with E-state index in [0.717, 1.165) is 54.4 Å². The lowest BCUT2D eigenvalue weighted by Gasteiger charge is -2.40. The summed E-state index contributed by atoms with van der Waals surface area (Å²) in [6, 6.07) is 6.25. The monoisotopic (exact) mass is 366 g/mol. The zero-order valence-electron chi connectivity index (χ0n) is 15.7. The van der Waals surface area contributed by atoms with Crippen LogP contribution in [0.3, 0.4) is 0 Å². The second-order valence-electron chi connectivity index (χ2n) is 8.03. The average molecular weight is 366 g/mol. The molecular formula is C20H26N6O. The number of nitrogens with zero attached hydrogens (tertiary/aromatic N) is 3. The van der Waals surface area contributed by atoms with Gasteiger partial charge in [-0.15, -0.1) is 0 Å². The number of benzene rings is 1. The standard InChI is InChI=1S/C20H26N6O/c1-26-9-8-22-19(26)13-3-5-15-16(10-13)24-25-18(15)20(27)23-17-11-21-7-6-12-2-4-14(12)17/h3,5,10,12,14,17,21H,2,4,6-9,11H2,1H3,(H,23,27)(H,24,25)/t12?,14-,17+/m0/s1. The molecule has 3 aliphatic rings. The molecule has 0 radical (unpaired) electrons. The fourth-order valence-electron chi connectivity index (χ4n) is 4.75. The van der Waals surface area contributed by atoms with Gasteiger partial charge in [0.2, 0.25) is 0 Å². The molecule has 1 aromatic heterocycles. The Morgan fingerprint density at radius 3 is 3.00 bits per heavy atom. The van der Waals surface area contributed by atoms with Crippen molar-refractivity contribution in [3.63, 3.8) is 0 Å². The molecule has 142 valence electrons. The largest absolute Gasteiger partial charge is 0.358 e. The maximum absolute atomic E-state index is 12.9. The molecule has 5 rings (SSSR count). The number of hydrogen-bond acceptors (Lipinski definition) is 5. The first-order chi connectivity index (χ1) is 13.2. The van der Waals surface area contributed by atoms with Crippen LogP contribution in [0.2, 0.25) is 0 Å². The van der Waals surface area contributed by atoms with E-state index in [1.165, 1.54) is 19.3 Å². The van der Waals surface area contributed by atoms with Gasteiger partial charge in [-0.25, -0.2) is 0 Å². The van der Waals surface area contributed by atoms with Crippen LogP contribution in [0.1, 0.15) is 35.3 Å². The quantitative estimate of drug-likeness (QED) is 0.766. The van der Waals surface area contributed by atoms with Crippen molar-refractivity contribution < 1.29 is 4.79 Å². The first-order valence-electron chi connectivity index (χ1n) is 9.96. The van der Waals surface area contributed by atoms with Gasteiger partial charge in [0, 0.05) is 37.1 Å². The highest BCUT2D eigenvalue weighted by Gasteiger charge is 2.39. The van der Waals surface area contributed by atoms with Crippen LogP contribution in [0, 0.1) is 11.8 Å². The van der Waals surface area contributed by atoms with Crippen LogP contribution in [0.25, 0.3) is 10.9 Å². The fraction of sp³-hybridized carbons (Fsp3) is 0.550. The number of carbonyl (C=O) groups is 1. The number of H-pyrrole nitrogens is 1. The van der Waals surface area contributed by atoms with Gasteiger partial charge in [-0.3, -0.25) is 14.9 Å². The molecule has 1 saturated heterocycles. The van der Waals surface area contributed by atoms with Crippen LogP contribution < -0.4 is 10.6 Å². The van der Waals surface area contributed by atoms with Gasteiger partial charge >= 0.3 is 0 Å². The van der Waals surface area contributed by atoms with E-state index in [1.54, 1.807) is 0 Å². The summed E-state index contributed by atoms with van der Waals surface area (Å²) in [6.07, 6.45) is 3.74. The van der Waals surface area contributed by atoms with Crippen molar-refractivity contribution >= 4 is 22.6 Å². The van der Waals surface area contributed by atoms with Gasteiger partial charge in [-0.1, -0.05) is 6.07 Å². The Labute approximate surface area is 158 Å². The highest BCUT2D eigenvalue weighted by molar-refractivity contribution is 6.07.